The molecule has 0 aromatic heterocycles. The number of carboxylic acid groups (broad SMARTS) is 1. The lowest BCUT2D eigenvalue weighted by Crippen LogP contribution is -2.13. The first-order chi connectivity index (χ1) is 8.33. The van der Waals surface area contributed by atoms with Gasteiger partial charge in [-0.3, -0.25) is 4.57 Å². The lowest BCUT2D eigenvalue weighted by molar-refractivity contribution is -0.132. The molecule has 1 aliphatic rings. The molecule has 0 aliphatic heterocycles. The van der Waals surface area contributed by atoms with Crippen LogP contribution in [0.4, 0.5) is 0 Å². The Balaban J connectivity index is 2.79. The number of carboxylic acids is 1. The lowest BCUT2D eigenvalue weighted by atomic mass is 9.88. The van der Waals surface area contributed by atoms with E-state index < -0.39 is 19.0 Å². The number of hydrogen-bond donors (Lipinski definition) is 2. The molecule has 1 unspecified atom stereocenters. The topological polar surface area (TPSA) is 74.6 Å². The van der Waals surface area contributed by atoms with Gasteiger partial charge in [0.15, 0.2) is 0 Å². The van der Waals surface area contributed by atoms with Crippen molar-refractivity contribution in [1.29, 1.82) is 0 Å². The average molecular weight is 274 g/mol. The van der Waals surface area contributed by atoms with Gasteiger partial charge < -0.3 is 10.00 Å². The summed E-state index contributed by atoms with van der Waals surface area (Å²) in [6.45, 7) is 3.31. The molecule has 1 fully saturated rings. The van der Waals surface area contributed by atoms with Crippen LogP contribution in [0.2, 0.25) is 0 Å². The monoisotopic (exact) mass is 274 g/mol. The van der Waals surface area contributed by atoms with Crippen molar-refractivity contribution in [3.05, 3.63) is 11.6 Å². The normalized spacial score (nSPS) is 21.9. The summed E-state index contributed by atoms with van der Waals surface area (Å²) >= 11 is 0. The third-order valence-corrected chi connectivity index (χ3v) is 5.97. The molecule has 0 bridgehead atoms. The van der Waals surface area contributed by atoms with E-state index in [9.17, 15) is 14.3 Å². The van der Waals surface area contributed by atoms with Gasteiger partial charge in [0.1, 0.15) is 0 Å². The fraction of sp³-hybridized carbons (Fsp3) is 0.769. The molecule has 0 amide bonds. The first-order valence-electron chi connectivity index (χ1n) is 6.58. The number of rotatable bonds is 5. The van der Waals surface area contributed by atoms with E-state index in [-0.39, 0.29) is 17.7 Å². The van der Waals surface area contributed by atoms with Gasteiger partial charge in [0, 0.05) is 11.2 Å². The first kappa shape index (κ1) is 15.5. The van der Waals surface area contributed by atoms with E-state index in [0.717, 1.165) is 25.7 Å². The zero-order valence-corrected chi connectivity index (χ0v) is 12.0. The molecule has 104 valence electrons. The number of allylic oxidation sites excluding steroid dienone is 1. The molecule has 4 nitrogen and oxygen atoms in total. The molecule has 18 heavy (non-hydrogen) atoms. The summed E-state index contributed by atoms with van der Waals surface area (Å²) in [5.41, 5.74) is -0.284. The number of carbonyl (C=O) groups is 1. The van der Waals surface area contributed by atoms with Crippen LogP contribution in [0.1, 0.15) is 46.0 Å². The summed E-state index contributed by atoms with van der Waals surface area (Å²) in [6.07, 6.45) is 6.94. The predicted octanol–water partition coefficient (Wildman–Crippen LogP) is 3.26. The van der Waals surface area contributed by atoms with E-state index in [4.69, 9.17) is 5.11 Å². The van der Waals surface area contributed by atoms with E-state index in [1.165, 1.54) is 6.42 Å². The maximum absolute atomic E-state index is 11.9. The lowest BCUT2D eigenvalue weighted by Gasteiger charge is -2.20. The van der Waals surface area contributed by atoms with E-state index >= 15 is 0 Å². The van der Waals surface area contributed by atoms with Crippen molar-refractivity contribution in [2.24, 2.45) is 5.92 Å². The molecule has 0 saturated heterocycles. The van der Waals surface area contributed by atoms with Gasteiger partial charge in [-0.25, -0.2) is 4.79 Å². The van der Waals surface area contributed by atoms with Gasteiger partial charge in [-0.05, 0) is 18.8 Å². The molecule has 0 aromatic rings. The summed E-state index contributed by atoms with van der Waals surface area (Å²) in [5.74, 6) is -0.799. The highest BCUT2D eigenvalue weighted by atomic mass is 31.2. The predicted molar refractivity (Wildman–Crippen MR) is 72.1 cm³/mol. The fourth-order valence-corrected chi connectivity index (χ4v) is 3.30. The molecule has 5 heteroatoms. The summed E-state index contributed by atoms with van der Waals surface area (Å²) in [7, 11) is -3.39. The third-order valence-electron chi connectivity index (χ3n) is 3.57. The van der Waals surface area contributed by atoms with Crippen molar-refractivity contribution in [3.63, 3.8) is 0 Å². The van der Waals surface area contributed by atoms with Crippen molar-refractivity contribution >= 4 is 13.3 Å². The van der Waals surface area contributed by atoms with Crippen molar-refractivity contribution in [1.82, 2.24) is 0 Å². The van der Waals surface area contributed by atoms with E-state index in [1.807, 2.05) is 0 Å². The Hall–Kier alpha value is -0.600. The summed E-state index contributed by atoms with van der Waals surface area (Å²) in [4.78, 5) is 21.0. The molecule has 2 N–H and O–H groups in total. The molecule has 1 saturated carbocycles. The highest BCUT2D eigenvalue weighted by molar-refractivity contribution is 7.59. The number of hydrogen-bond acceptors (Lipinski definition) is 2. The van der Waals surface area contributed by atoms with Crippen LogP contribution >= 0.6 is 7.37 Å². The molecule has 1 rings (SSSR count). The Morgan fingerprint density at radius 1 is 1.33 bits per heavy atom. The van der Waals surface area contributed by atoms with Crippen molar-refractivity contribution in [2.45, 2.75) is 51.6 Å². The van der Waals surface area contributed by atoms with Crippen LogP contribution in [-0.2, 0) is 9.36 Å². The van der Waals surface area contributed by atoms with E-state index in [1.54, 1.807) is 19.9 Å². The van der Waals surface area contributed by atoms with Crippen LogP contribution in [-0.4, -0.2) is 27.8 Å². The van der Waals surface area contributed by atoms with Crippen LogP contribution in [0.15, 0.2) is 11.6 Å². The van der Waals surface area contributed by atoms with Crippen LogP contribution < -0.4 is 0 Å². The molecule has 0 aromatic carbocycles. The Bertz CT molecular complexity index is 367. The highest BCUT2D eigenvalue weighted by Crippen LogP contribution is 2.47. The Labute approximate surface area is 109 Å². The maximum Gasteiger partial charge on any atom is 0.331 e. The molecule has 0 radical (unpaired) electrons. The first-order valence-corrected chi connectivity index (χ1v) is 8.50. The minimum atomic E-state index is -3.39. The molecule has 0 spiro atoms. The second kappa shape index (κ2) is 6.53. The molecular formula is C13H23O4P. The van der Waals surface area contributed by atoms with Gasteiger partial charge in [-0.1, -0.05) is 39.2 Å². The molecule has 0 heterocycles. The van der Waals surface area contributed by atoms with Crippen LogP contribution in [0.3, 0.4) is 0 Å². The van der Waals surface area contributed by atoms with Gasteiger partial charge in [0.25, 0.3) is 0 Å². The zero-order chi connectivity index (χ0) is 13.8. The van der Waals surface area contributed by atoms with Gasteiger partial charge in [-0.15, -0.1) is 0 Å². The van der Waals surface area contributed by atoms with E-state index in [0.29, 0.717) is 0 Å². The second-order valence-corrected chi connectivity index (χ2v) is 8.26. The summed E-state index contributed by atoms with van der Waals surface area (Å²) in [5, 5.41) is 9.15. The van der Waals surface area contributed by atoms with E-state index in [2.05, 4.69) is 0 Å². The summed E-state index contributed by atoms with van der Waals surface area (Å²) < 4.78 is 11.9. The molecular weight excluding hydrogens is 251 g/mol. The molecule has 1 atom stereocenters. The van der Waals surface area contributed by atoms with Gasteiger partial charge in [-0.2, -0.15) is 0 Å². The van der Waals surface area contributed by atoms with Crippen LogP contribution in [0.5, 0.6) is 0 Å². The van der Waals surface area contributed by atoms with Crippen molar-refractivity contribution in [3.8, 4) is 0 Å². The standard InChI is InChI=1S/C13H23O4P/c1-10(2)18(16,17)9-12(13(14)15)8-11-6-4-3-5-7-11/h8,10-11H,3-7,9H2,1-2H3,(H,14,15)(H,16,17)/b12-8+. The van der Waals surface area contributed by atoms with Gasteiger partial charge >= 0.3 is 5.97 Å². The second-order valence-electron chi connectivity index (χ2n) is 5.40. The minimum Gasteiger partial charge on any atom is -0.478 e. The fourth-order valence-electron chi connectivity index (χ4n) is 2.20. The molecule has 1 aliphatic carbocycles. The Morgan fingerprint density at radius 2 is 1.89 bits per heavy atom. The smallest absolute Gasteiger partial charge is 0.331 e. The quantitative estimate of drug-likeness (QED) is 0.596. The Kier molecular flexibility index (Phi) is 5.61. The highest BCUT2D eigenvalue weighted by Gasteiger charge is 2.28. The largest absolute Gasteiger partial charge is 0.478 e. The SMILES string of the molecule is CC(C)P(=O)(O)C/C(=C\C1CCCCC1)C(=O)O. The van der Waals surface area contributed by atoms with Gasteiger partial charge in [0.05, 0.1) is 6.16 Å². The summed E-state index contributed by atoms with van der Waals surface area (Å²) in [6, 6.07) is 0. The minimum absolute atomic E-state index is 0.112. The maximum atomic E-state index is 11.9. The van der Waals surface area contributed by atoms with Crippen LogP contribution in [0, 0.1) is 5.92 Å². The zero-order valence-electron chi connectivity index (χ0n) is 11.1. The van der Waals surface area contributed by atoms with Crippen molar-refractivity contribution < 1.29 is 19.4 Å². The Morgan fingerprint density at radius 3 is 2.33 bits per heavy atom. The van der Waals surface area contributed by atoms with Crippen LogP contribution in [0.25, 0.3) is 0 Å². The van der Waals surface area contributed by atoms with Gasteiger partial charge in [0.2, 0.25) is 7.37 Å². The third kappa shape index (κ3) is 4.58. The number of aliphatic carboxylic acids is 1. The average Bonchev–Trinajstić information content (AvgIpc) is 2.29. The van der Waals surface area contributed by atoms with Crippen molar-refractivity contribution in [2.75, 3.05) is 6.16 Å².